The Bertz CT molecular complexity index is 538. The average molecular weight is 318 g/mol. The highest BCUT2D eigenvalue weighted by Crippen LogP contribution is 2.37. The summed E-state index contributed by atoms with van der Waals surface area (Å²) in [6.45, 7) is 5.03. The lowest BCUT2D eigenvalue weighted by Gasteiger charge is -2.40. The summed E-state index contributed by atoms with van der Waals surface area (Å²) < 4.78 is 11.6. The van der Waals surface area contributed by atoms with Crippen LogP contribution in [0.1, 0.15) is 48.9 Å². The van der Waals surface area contributed by atoms with Gasteiger partial charge < -0.3 is 19.0 Å². The maximum absolute atomic E-state index is 12.5. The monoisotopic (exact) mass is 318 g/mol. The van der Waals surface area contributed by atoms with Gasteiger partial charge in [-0.15, -0.1) is 0 Å². The number of furan rings is 1. The summed E-state index contributed by atoms with van der Waals surface area (Å²) in [5.74, 6) is 0.0703. The van der Waals surface area contributed by atoms with Crippen molar-refractivity contribution >= 4 is 5.91 Å². The summed E-state index contributed by atoms with van der Waals surface area (Å²) in [4.78, 5) is 17.0. The van der Waals surface area contributed by atoms with E-state index in [1.807, 2.05) is 4.90 Å². The van der Waals surface area contributed by atoms with Crippen LogP contribution < -0.4 is 0 Å². The summed E-state index contributed by atoms with van der Waals surface area (Å²) in [6, 6.07) is 1.74. The maximum Gasteiger partial charge on any atom is 0.257 e. The number of hydrogen-bond donors (Lipinski definition) is 0. The minimum absolute atomic E-state index is 0.0703. The van der Waals surface area contributed by atoms with E-state index in [4.69, 9.17) is 9.15 Å². The first-order valence-electron chi connectivity index (χ1n) is 8.96. The average Bonchev–Trinajstić information content (AvgIpc) is 3.28. The second kappa shape index (κ2) is 6.29. The molecule has 126 valence electrons. The van der Waals surface area contributed by atoms with E-state index in [2.05, 4.69) is 4.90 Å². The summed E-state index contributed by atoms with van der Waals surface area (Å²) in [5, 5.41) is 0. The number of likely N-dealkylation sites (tertiary alicyclic amines) is 2. The zero-order valence-electron chi connectivity index (χ0n) is 13.7. The van der Waals surface area contributed by atoms with Crippen molar-refractivity contribution in [3.63, 3.8) is 0 Å². The molecule has 0 aromatic carbocycles. The smallest absolute Gasteiger partial charge is 0.257 e. The van der Waals surface area contributed by atoms with Crippen LogP contribution in [-0.4, -0.2) is 60.1 Å². The van der Waals surface area contributed by atoms with Gasteiger partial charge in [0.25, 0.3) is 5.91 Å². The largest absolute Gasteiger partial charge is 0.472 e. The predicted molar refractivity (Wildman–Crippen MR) is 86.4 cm³/mol. The van der Waals surface area contributed by atoms with Gasteiger partial charge in [0.05, 0.1) is 30.1 Å². The molecule has 1 amide bonds. The molecular formula is C18H26N2O3. The fourth-order valence-electron chi connectivity index (χ4n) is 4.39. The van der Waals surface area contributed by atoms with E-state index in [1.165, 1.54) is 38.6 Å². The Kier molecular flexibility index (Phi) is 4.16. The quantitative estimate of drug-likeness (QED) is 0.859. The number of hydrogen-bond acceptors (Lipinski definition) is 4. The van der Waals surface area contributed by atoms with Crippen molar-refractivity contribution in [2.75, 3.05) is 32.7 Å². The Morgan fingerprint density at radius 1 is 1.22 bits per heavy atom. The zero-order valence-corrected chi connectivity index (χ0v) is 13.7. The van der Waals surface area contributed by atoms with Crippen LogP contribution in [0.5, 0.6) is 0 Å². The lowest BCUT2D eigenvalue weighted by molar-refractivity contribution is -0.126. The molecule has 3 aliphatic rings. The Morgan fingerprint density at radius 2 is 2.09 bits per heavy atom. The van der Waals surface area contributed by atoms with Gasteiger partial charge in [0.2, 0.25) is 0 Å². The van der Waals surface area contributed by atoms with Crippen molar-refractivity contribution in [2.45, 2.75) is 50.2 Å². The Hall–Kier alpha value is -1.33. The minimum Gasteiger partial charge on any atom is -0.472 e. The summed E-state index contributed by atoms with van der Waals surface area (Å²) in [5.41, 5.74) is 0.536. The molecule has 2 atom stereocenters. The van der Waals surface area contributed by atoms with Crippen molar-refractivity contribution < 1.29 is 13.9 Å². The molecule has 0 radical (unpaired) electrons. The maximum atomic E-state index is 12.5. The molecule has 0 unspecified atom stereocenters. The van der Waals surface area contributed by atoms with Gasteiger partial charge in [0.15, 0.2) is 0 Å². The highest BCUT2D eigenvalue weighted by Gasteiger charge is 2.44. The Labute approximate surface area is 137 Å². The van der Waals surface area contributed by atoms with Crippen molar-refractivity contribution in [3.05, 3.63) is 24.2 Å². The van der Waals surface area contributed by atoms with Gasteiger partial charge >= 0.3 is 0 Å². The molecule has 5 nitrogen and oxygen atoms in total. The zero-order chi connectivity index (χ0) is 15.7. The molecule has 4 rings (SSSR count). The molecule has 0 saturated carbocycles. The van der Waals surface area contributed by atoms with Gasteiger partial charge in [0.1, 0.15) is 6.26 Å². The van der Waals surface area contributed by atoms with E-state index < -0.39 is 0 Å². The molecular weight excluding hydrogens is 292 g/mol. The highest BCUT2D eigenvalue weighted by molar-refractivity contribution is 5.94. The number of rotatable bonds is 3. The van der Waals surface area contributed by atoms with E-state index in [0.717, 1.165) is 38.9 Å². The van der Waals surface area contributed by atoms with Gasteiger partial charge in [-0.25, -0.2) is 0 Å². The third-order valence-electron chi connectivity index (χ3n) is 5.61. The van der Waals surface area contributed by atoms with E-state index in [1.54, 1.807) is 12.3 Å². The molecule has 3 saturated heterocycles. The number of carbonyl (C=O) groups is 1. The first-order chi connectivity index (χ1) is 11.2. The Morgan fingerprint density at radius 3 is 2.87 bits per heavy atom. The molecule has 0 N–H and O–H groups in total. The lowest BCUT2D eigenvalue weighted by atomic mass is 9.90. The summed E-state index contributed by atoms with van der Waals surface area (Å²) in [6.07, 6.45) is 10.5. The van der Waals surface area contributed by atoms with Crippen molar-refractivity contribution in [1.29, 1.82) is 0 Å². The van der Waals surface area contributed by atoms with Crippen LogP contribution in [0.3, 0.4) is 0 Å². The lowest BCUT2D eigenvalue weighted by Crippen LogP contribution is -2.47. The van der Waals surface area contributed by atoms with Crippen LogP contribution in [0, 0.1) is 0 Å². The second-order valence-electron chi connectivity index (χ2n) is 7.31. The summed E-state index contributed by atoms with van der Waals surface area (Å²) >= 11 is 0. The third-order valence-corrected chi connectivity index (χ3v) is 5.61. The molecule has 1 aromatic heterocycles. The van der Waals surface area contributed by atoms with Crippen LogP contribution in [0.15, 0.2) is 23.0 Å². The molecule has 0 bridgehead atoms. The van der Waals surface area contributed by atoms with Crippen LogP contribution in [0.4, 0.5) is 0 Å². The first-order valence-corrected chi connectivity index (χ1v) is 8.96. The predicted octanol–water partition coefficient (Wildman–Crippen LogP) is 2.53. The molecule has 5 heteroatoms. The molecule has 23 heavy (non-hydrogen) atoms. The van der Waals surface area contributed by atoms with Crippen molar-refractivity contribution in [2.24, 2.45) is 0 Å². The fourth-order valence-corrected chi connectivity index (χ4v) is 4.39. The molecule has 4 heterocycles. The standard InChI is InChI=1S/C18H26N2O3/c21-17(15-5-11-22-13-15)20-10-7-18(14-20)6-3-4-16(23-18)12-19-8-1-2-9-19/h5,11,13,16H,1-4,6-10,12,14H2/t16-,18-/m1/s1. The van der Waals surface area contributed by atoms with Crippen LogP contribution in [0.2, 0.25) is 0 Å². The SMILES string of the molecule is O=C(c1ccoc1)N1CC[C@]2(CCC[C@H](CN3CCCC3)O2)C1. The van der Waals surface area contributed by atoms with E-state index in [9.17, 15) is 4.79 Å². The van der Waals surface area contributed by atoms with Crippen LogP contribution in [0.25, 0.3) is 0 Å². The topological polar surface area (TPSA) is 45.9 Å². The molecule has 3 fully saturated rings. The fraction of sp³-hybridized carbons (Fsp3) is 0.722. The van der Waals surface area contributed by atoms with Crippen molar-refractivity contribution in [3.8, 4) is 0 Å². The first kappa shape index (κ1) is 15.2. The van der Waals surface area contributed by atoms with E-state index in [0.29, 0.717) is 11.7 Å². The number of ether oxygens (including phenoxy) is 1. The number of amides is 1. The number of carbonyl (C=O) groups excluding carboxylic acids is 1. The summed E-state index contributed by atoms with van der Waals surface area (Å²) in [7, 11) is 0. The third kappa shape index (κ3) is 3.17. The van der Waals surface area contributed by atoms with Crippen molar-refractivity contribution in [1.82, 2.24) is 9.80 Å². The van der Waals surface area contributed by atoms with Gasteiger partial charge in [-0.1, -0.05) is 0 Å². The molecule has 1 aromatic rings. The molecule has 1 spiro atoms. The van der Waals surface area contributed by atoms with Gasteiger partial charge in [-0.05, 0) is 57.7 Å². The van der Waals surface area contributed by atoms with Gasteiger partial charge in [-0.2, -0.15) is 0 Å². The van der Waals surface area contributed by atoms with E-state index in [-0.39, 0.29) is 11.5 Å². The van der Waals surface area contributed by atoms with Crippen LogP contribution in [-0.2, 0) is 4.74 Å². The Balaban J connectivity index is 1.37. The second-order valence-corrected chi connectivity index (χ2v) is 7.31. The number of nitrogens with zero attached hydrogens (tertiary/aromatic N) is 2. The minimum atomic E-state index is -0.109. The van der Waals surface area contributed by atoms with Gasteiger partial charge in [0, 0.05) is 13.1 Å². The normalized spacial score (nSPS) is 32.0. The van der Waals surface area contributed by atoms with Crippen LogP contribution >= 0.6 is 0 Å². The van der Waals surface area contributed by atoms with E-state index >= 15 is 0 Å². The molecule has 0 aliphatic carbocycles. The molecule has 3 aliphatic heterocycles. The highest BCUT2D eigenvalue weighted by atomic mass is 16.5. The van der Waals surface area contributed by atoms with Gasteiger partial charge in [-0.3, -0.25) is 4.79 Å².